The summed E-state index contributed by atoms with van der Waals surface area (Å²) >= 11 is 0. The van der Waals surface area contributed by atoms with Crippen LogP contribution in [0, 0.1) is 18.7 Å². The van der Waals surface area contributed by atoms with Crippen LogP contribution < -0.4 is 4.74 Å². The van der Waals surface area contributed by atoms with Crippen LogP contribution >= 0.6 is 0 Å². The van der Waals surface area contributed by atoms with Gasteiger partial charge in [0.2, 0.25) is 0 Å². The van der Waals surface area contributed by atoms with Crippen molar-refractivity contribution in [3.63, 3.8) is 0 Å². The second kappa shape index (κ2) is 6.22. The van der Waals surface area contributed by atoms with Crippen LogP contribution in [0.5, 0.6) is 5.75 Å². The lowest BCUT2D eigenvalue weighted by Crippen LogP contribution is -2.11. The molecule has 0 aliphatic carbocycles. The number of nitrogens with zero attached hydrogens (tertiary/aromatic N) is 1. The fraction of sp³-hybridized carbons (Fsp3) is 0.353. The van der Waals surface area contributed by atoms with E-state index < -0.39 is 0 Å². The number of benzene rings is 1. The molecule has 110 valence electrons. The smallest absolute Gasteiger partial charge is 0.127 e. The summed E-state index contributed by atoms with van der Waals surface area (Å²) in [5.41, 5.74) is 2.65. The van der Waals surface area contributed by atoms with E-state index in [4.69, 9.17) is 9.47 Å². The Morgan fingerprint density at radius 3 is 2.95 bits per heavy atom. The lowest BCUT2D eigenvalue weighted by Gasteiger charge is -2.12. The second-order valence-electron chi connectivity index (χ2n) is 5.40. The molecule has 1 aliphatic rings. The van der Waals surface area contributed by atoms with Crippen LogP contribution in [-0.4, -0.2) is 24.8 Å². The molecule has 0 saturated carbocycles. The van der Waals surface area contributed by atoms with Gasteiger partial charge in [-0.25, -0.2) is 4.39 Å². The predicted molar refractivity (Wildman–Crippen MR) is 78.8 cm³/mol. The molecule has 1 unspecified atom stereocenters. The third kappa shape index (κ3) is 3.58. The Bertz CT molecular complexity index is 624. The van der Waals surface area contributed by atoms with E-state index in [1.807, 2.05) is 25.1 Å². The van der Waals surface area contributed by atoms with Crippen molar-refractivity contribution in [2.24, 2.45) is 5.92 Å². The topological polar surface area (TPSA) is 31.4 Å². The highest BCUT2D eigenvalue weighted by Crippen LogP contribution is 2.26. The summed E-state index contributed by atoms with van der Waals surface area (Å²) in [5.74, 6) is 0.672. The summed E-state index contributed by atoms with van der Waals surface area (Å²) in [5, 5.41) is 0. The van der Waals surface area contributed by atoms with Gasteiger partial charge in [0.05, 0.1) is 13.2 Å². The lowest BCUT2D eigenvalue weighted by molar-refractivity contribution is 0.167. The van der Waals surface area contributed by atoms with Crippen molar-refractivity contribution in [2.45, 2.75) is 13.3 Å². The highest BCUT2D eigenvalue weighted by Gasteiger charge is 2.16. The minimum Gasteiger partial charge on any atom is -0.493 e. The van der Waals surface area contributed by atoms with Crippen molar-refractivity contribution < 1.29 is 13.9 Å². The van der Waals surface area contributed by atoms with Crippen molar-refractivity contribution in [3.05, 3.63) is 48.0 Å². The number of aromatic nitrogens is 1. The number of rotatable bonds is 4. The van der Waals surface area contributed by atoms with Crippen LogP contribution in [0.3, 0.4) is 0 Å². The van der Waals surface area contributed by atoms with E-state index in [1.165, 1.54) is 12.1 Å². The standard InChI is InChI=1S/C17H18FNO2/c1-12-6-14(2-4-19-12)15-7-16(18)9-17(8-15)21-11-13-3-5-20-10-13/h2,4,6-9,13H,3,5,10-11H2,1H3. The third-order valence-corrected chi connectivity index (χ3v) is 3.61. The van der Waals surface area contributed by atoms with Gasteiger partial charge in [0.1, 0.15) is 11.6 Å². The van der Waals surface area contributed by atoms with Crippen LogP contribution in [0.4, 0.5) is 4.39 Å². The number of pyridine rings is 1. The van der Waals surface area contributed by atoms with E-state index in [2.05, 4.69) is 4.98 Å². The van der Waals surface area contributed by atoms with Gasteiger partial charge in [0, 0.05) is 30.5 Å². The zero-order valence-corrected chi connectivity index (χ0v) is 12.0. The zero-order valence-electron chi connectivity index (χ0n) is 12.0. The quantitative estimate of drug-likeness (QED) is 0.860. The number of hydrogen-bond donors (Lipinski definition) is 0. The highest BCUT2D eigenvalue weighted by atomic mass is 19.1. The summed E-state index contributed by atoms with van der Waals surface area (Å²) in [6, 6.07) is 8.61. The molecule has 0 N–H and O–H groups in total. The Labute approximate surface area is 123 Å². The summed E-state index contributed by atoms with van der Waals surface area (Å²) in [4.78, 5) is 4.16. The third-order valence-electron chi connectivity index (χ3n) is 3.61. The van der Waals surface area contributed by atoms with Gasteiger partial charge in [-0.05, 0) is 48.7 Å². The van der Waals surface area contributed by atoms with Gasteiger partial charge in [0.15, 0.2) is 0 Å². The molecule has 0 spiro atoms. The molecule has 3 nitrogen and oxygen atoms in total. The average molecular weight is 287 g/mol. The van der Waals surface area contributed by atoms with Gasteiger partial charge in [-0.1, -0.05) is 0 Å². The van der Waals surface area contributed by atoms with Crippen LogP contribution in [0.1, 0.15) is 12.1 Å². The first-order valence-corrected chi connectivity index (χ1v) is 7.15. The maximum atomic E-state index is 13.8. The van der Waals surface area contributed by atoms with Crippen molar-refractivity contribution in [1.82, 2.24) is 4.98 Å². The van der Waals surface area contributed by atoms with Crippen LogP contribution in [-0.2, 0) is 4.74 Å². The molecule has 1 aromatic carbocycles. The molecule has 1 aliphatic heterocycles. The molecule has 2 aromatic rings. The van der Waals surface area contributed by atoms with Gasteiger partial charge < -0.3 is 9.47 Å². The van der Waals surface area contributed by atoms with Gasteiger partial charge in [0.25, 0.3) is 0 Å². The summed E-state index contributed by atoms with van der Waals surface area (Å²) in [6.07, 6.45) is 2.73. The molecule has 0 radical (unpaired) electrons. The Morgan fingerprint density at radius 1 is 1.29 bits per heavy atom. The Balaban J connectivity index is 1.78. The molecule has 1 aromatic heterocycles. The van der Waals surface area contributed by atoms with Crippen LogP contribution in [0.15, 0.2) is 36.5 Å². The van der Waals surface area contributed by atoms with Gasteiger partial charge in [-0.15, -0.1) is 0 Å². The highest BCUT2D eigenvalue weighted by molar-refractivity contribution is 5.65. The second-order valence-corrected chi connectivity index (χ2v) is 5.40. The molecule has 21 heavy (non-hydrogen) atoms. The minimum atomic E-state index is -0.292. The largest absolute Gasteiger partial charge is 0.493 e. The number of hydrogen-bond acceptors (Lipinski definition) is 3. The summed E-state index contributed by atoms with van der Waals surface area (Å²) in [6.45, 7) is 4.00. The minimum absolute atomic E-state index is 0.292. The van der Waals surface area contributed by atoms with Gasteiger partial charge in [-0.3, -0.25) is 4.98 Å². The van der Waals surface area contributed by atoms with Crippen molar-refractivity contribution in [3.8, 4) is 16.9 Å². The normalized spacial score (nSPS) is 17.9. The number of ether oxygens (including phenoxy) is 2. The number of aryl methyl sites for hydroxylation is 1. The van der Waals surface area contributed by atoms with E-state index in [0.29, 0.717) is 18.3 Å². The van der Waals surface area contributed by atoms with E-state index in [9.17, 15) is 4.39 Å². The Kier molecular flexibility index (Phi) is 4.15. The lowest BCUT2D eigenvalue weighted by atomic mass is 10.1. The molecule has 1 atom stereocenters. The fourth-order valence-electron chi connectivity index (χ4n) is 2.47. The van der Waals surface area contributed by atoms with E-state index >= 15 is 0 Å². The van der Waals surface area contributed by atoms with Crippen molar-refractivity contribution in [2.75, 3.05) is 19.8 Å². The van der Waals surface area contributed by atoms with Gasteiger partial charge in [-0.2, -0.15) is 0 Å². The van der Waals surface area contributed by atoms with Crippen molar-refractivity contribution in [1.29, 1.82) is 0 Å². The summed E-state index contributed by atoms with van der Waals surface area (Å²) in [7, 11) is 0. The first-order chi connectivity index (χ1) is 10.2. The first-order valence-electron chi connectivity index (χ1n) is 7.15. The van der Waals surface area contributed by atoms with E-state index in [-0.39, 0.29) is 5.82 Å². The molecule has 0 bridgehead atoms. The first kappa shape index (κ1) is 14.0. The Morgan fingerprint density at radius 2 is 2.19 bits per heavy atom. The molecular weight excluding hydrogens is 269 g/mol. The molecule has 2 heterocycles. The molecule has 1 fully saturated rings. The van der Waals surface area contributed by atoms with Crippen molar-refractivity contribution >= 4 is 0 Å². The van der Waals surface area contributed by atoms with Gasteiger partial charge >= 0.3 is 0 Å². The van der Waals surface area contributed by atoms with E-state index in [0.717, 1.165) is 36.5 Å². The molecule has 4 heteroatoms. The van der Waals surface area contributed by atoms with Crippen LogP contribution in [0.25, 0.3) is 11.1 Å². The zero-order chi connectivity index (χ0) is 14.7. The molecule has 0 amide bonds. The van der Waals surface area contributed by atoms with Crippen LogP contribution in [0.2, 0.25) is 0 Å². The molecular formula is C17H18FNO2. The Hall–Kier alpha value is -1.94. The van der Waals surface area contributed by atoms with E-state index in [1.54, 1.807) is 6.20 Å². The maximum Gasteiger partial charge on any atom is 0.127 e. The monoisotopic (exact) mass is 287 g/mol. The average Bonchev–Trinajstić information content (AvgIpc) is 2.98. The molecule has 3 rings (SSSR count). The fourth-order valence-corrected chi connectivity index (χ4v) is 2.47. The number of halogens is 1. The molecule has 1 saturated heterocycles. The predicted octanol–water partition coefficient (Wildman–Crippen LogP) is 3.61. The maximum absolute atomic E-state index is 13.8. The summed E-state index contributed by atoms with van der Waals surface area (Å²) < 4.78 is 24.8. The SMILES string of the molecule is Cc1cc(-c2cc(F)cc(OCC3CCOC3)c2)ccn1.